The molecule has 4 N–H and O–H groups in total. The van der Waals surface area contributed by atoms with Crippen molar-refractivity contribution in [3.8, 4) is 5.75 Å². The maximum absolute atomic E-state index is 11.9. The van der Waals surface area contributed by atoms with Crippen molar-refractivity contribution in [3.63, 3.8) is 0 Å². The summed E-state index contributed by atoms with van der Waals surface area (Å²) in [5.41, 5.74) is 5.83. The highest BCUT2D eigenvalue weighted by Gasteiger charge is 2.17. The molecule has 0 unspecified atom stereocenters. The van der Waals surface area contributed by atoms with Gasteiger partial charge in [-0.25, -0.2) is 0 Å². The zero-order valence-electron chi connectivity index (χ0n) is 12.0. The first-order valence-corrected chi connectivity index (χ1v) is 7.23. The van der Waals surface area contributed by atoms with Gasteiger partial charge in [0.05, 0.1) is 11.3 Å². The summed E-state index contributed by atoms with van der Waals surface area (Å²) in [6.07, 6.45) is 3.55. The average Bonchev–Trinajstić information content (AvgIpc) is 2.50. The van der Waals surface area contributed by atoms with Crippen molar-refractivity contribution < 1.29 is 14.7 Å². The zero-order chi connectivity index (χ0) is 15.2. The van der Waals surface area contributed by atoms with E-state index in [9.17, 15) is 14.7 Å². The van der Waals surface area contributed by atoms with Crippen LogP contribution < -0.4 is 11.1 Å². The predicted molar refractivity (Wildman–Crippen MR) is 79.9 cm³/mol. The number of carbonyl (C=O) groups is 2. The van der Waals surface area contributed by atoms with Gasteiger partial charge in [-0.2, -0.15) is 0 Å². The van der Waals surface area contributed by atoms with Gasteiger partial charge in [0.25, 0.3) is 5.91 Å². The van der Waals surface area contributed by atoms with E-state index in [4.69, 9.17) is 5.73 Å². The van der Waals surface area contributed by atoms with Crippen molar-refractivity contribution in [2.45, 2.75) is 25.7 Å². The van der Waals surface area contributed by atoms with E-state index in [2.05, 4.69) is 5.32 Å². The molecule has 1 saturated heterocycles. The summed E-state index contributed by atoms with van der Waals surface area (Å²) >= 11 is 0. The Kier molecular flexibility index (Phi) is 5.03. The summed E-state index contributed by atoms with van der Waals surface area (Å²) in [5.74, 6) is -0.588. The van der Waals surface area contributed by atoms with Gasteiger partial charge < -0.3 is 21.1 Å². The van der Waals surface area contributed by atoms with E-state index in [-0.39, 0.29) is 35.9 Å². The molecule has 2 rings (SSSR count). The van der Waals surface area contributed by atoms with E-state index in [0.29, 0.717) is 0 Å². The van der Waals surface area contributed by atoms with Crippen LogP contribution in [0.2, 0.25) is 0 Å². The highest BCUT2D eigenvalue weighted by molar-refractivity contribution is 5.98. The van der Waals surface area contributed by atoms with Crippen molar-refractivity contribution in [3.05, 3.63) is 23.8 Å². The summed E-state index contributed by atoms with van der Waals surface area (Å²) in [6, 6.07) is 4.61. The molecule has 1 heterocycles. The molecule has 0 atom stereocenters. The molecule has 1 aromatic carbocycles. The van der Waals surface area contributed by atoms with Gasteiger partial charge in [-0.15, -0.1) is 0 Å². The quantitative estimate of drug-likeness (QED) is 0.572. The van der Waals surface area contributed by atoms with E-state index in [1.807, 2.05) is 4.90 Å². The lowest BCUT2D eigenvalue weighted by Gasteiger charge is -2.26. The molecule has 6 nitrogen and oxygen atoms in total. The highest BCUT2D eigenvalue weighted by atomic mass is 16.3. The third kappa shape index (κ3) is 3.87. The fourth-order valence-electron chi connectivity index (χ4n) is 2.42. The molecule has 0 saturated carbocycles. The second-order valence-electron chi connectivity index (χ2n) is 5.19. The van der Waals surface area contributed by atoms with Crippen molar-refractivity contribution in [2.75, 3.05) is 25.4 Å². The van der Waals surface area contributed by atoms with Crippen LogP contribution in [0.15, 0.2) is 18.2 Å². The molecule has 0 bridgehead atoms. The fraction of sp³-hybridized carbons (Fsp3) is 0.467. The van der Waals surface area contributed by atoms with Gasteiger partial charge in [0.2, 0.25) is 5.91 Å². The molecular formula is C15H21N3O3. The third-order valence-corrected chi connectivity index (χ3v) is 3.65. The van der Waals surface area contributed by atoms with E-state index < -0.39 is 5.91 Å². The Bertz CT molecular complexity index is 525. The minimum atomic E-state index is -0.425. The molecule has 2 amide bonds. The largest absolute Gasteiger partial charge is 0.505 e. The number of phenolic OH excluding ortho intramolecular Hbond substituents is 1. The molecule has 1 aromatic rings. The van der Waals surface area contributed by atoms with Gasteiger partial charge in [0, 0.05) is 26.1 Å². The van der Waals surface area contributed by atoms with Crippen molar-refractivity contribution in [2.24, 2.45) is 0 Å². The van der Waals surface area contributed by atoms with Gasteiger partial charge in [0.1, 0.15) is 0 Å². The monoisotopic (exact) mass is 291 g/mol. The second-order valence-corrected chi connectivity index (χ2v) is 5.19. The Labute approximate surface area is 123 Å². The number of amides is 2. The van der Waals surface area contributed by atoms with Crippen LogP contribution in [0.25, 0.3) is 0 Å². The van der Waals surface area contributed by atoms with Gasteiger partial charge in [-0.1, -0.05) is 6.07 Å². The Morgan fingerprint density at radius 2 is 1.95 bits per heavy atom. The van der Waals surface area contributed by atoms with Crippen LogP contribution in [0.5, 0.6) is 5.75 Å². The number of para-hydroxylation sites is 1. The number of hydrogen-bond donors (Lipinski definition) is 3. The second kappa shape index (κ2) is 6.97. The number of aromatic hydroxyl groups is 1. The van der Waals surface area contributed by atoms with Crippen LogP contribution in [-0.4, -0.2) is 41.5 Å². The van der Waals surface area contributed by atoms with E-state index >= 15 is 0 Å². The van der Waals surface area contributed by atoms with Gasteiger partial charge in [-0.3, -0.25) is 9.59 Å². The number of carbonyl (C=O) groups excluding carboxylic acids is 2. The van der Waals surface area contributed by atoms with Crippen molar-refractivity contribution >= 4 is 17.5 Å². The molecule has 21 heavy (non-hydrogen) atoms. The number of nitrogens with one attached hydrogen (secondary N) is 1. The Balaban J connectivity index is 1.81. The Morgan fingerprint density at radius 1 is 1.24 bits per heavy atom. The minimum absolute atomic E-state index is 0.0618. The number of piperidine rings is 1. The summed E-state index contributed by atoms with van der Waals surface area (Å²) in [7, 11) is 0. The first-order chi connectivity index (χ1) is 10.1. The van der Waals surface area contributed by atoms with E-state index in [1.165, 1.54) is 18.6 Å². The minimum Gasteiger partial charge on any atom is -0.505 e. The van der Waals surface area contributed by atoms with E-state index in [1.54, 1.807) is 6.07 Å². The van der Waals surface area contributed by atoms with Crippen LogP contribution >= 0.6 is 0 Å². The first-order valence-electron chi connectivity index (χ1n) is 7.23. The molecule has 0 aliphatic carbocycles. The molecule has 1 aliphatic heterocycles. The third-order valence-electron chi connectivity index (χ3n) is 3.65. The molecule has 1 fully saturated rings. The molecule has 6 heteroatoms. The molecular weight excluding hydrogens is 270 g/mol. The topological polar surface area (TPSA) is 95.7 Å². The van der Waals surface area contributed by atoms with Crippen LogP contribution in [0.4, 0.5) is 5.69 Å². The Hall–Kier alpha value is -2.24. The maximum Gasteiger partial charge on any atom is 0.255 e. The van der Waals surface area contributed by atoms with Gasteiger partial charge in [-0.05, 0) is 31.4 Å². The number of rotatable bonds is 4. The summed E-state index contributed by atoms with van der Waals surface area (Å²) in [6.45, 7) is 1.87. The molecule has 0 spiro atoms. The normalized spacial score (nSPS) is 14.8. The fourth-order valence-corrected chi connectivity index (χ4v) is 2.42. The summed E-state index contributed by atoms with van der Waals surface area (Å²) < 4.78 is 0. The smallest absolute Gasteiger partial charge is 0.255 e. The lowest BCUT2D eigenvalue weighted by molar-refractivity contribution is -0.131. The predicted octanol–water partition coefficient (Wildman–Crippen LogP) is 1.11. The van der Waals surface area contributed by atoms with Crippen LogP contribution in [0.3, 0.4) is 0 Å². The zero-order valence-corrected chi connectivity index (χ0v) is 12.0. The first kappa shape index (κ1) is 15.2. The molecule has 0 aromatic heterocycles. The highest BCUT2D eigenvalue weighted by Crippen LogP contribution is 2.24. The number of phenols is 1. The van der Waals surface area contributed by atoms with Crippen molar-refractivity contribution in [1.29, 1.82) is 0 Å². The SMILES string of the molecule is Nc1cccc(C(=O)NCCC(=O)N2CCCCC2)c1O. The Morgan fingerprint density at radius 3 is 2.67 bits per heavy atom. The number of hydrogen-bond acceptors (Lipinski definition) is 4. The summed E-state index contributed by atoms with van der Waals surface area (Å²) in [5, 5.41) is 12.4. The van der Waals surface area contributed by atoms with Crippen LogP contribution in [-0.2, 0) is 4.79 Å². The molecule has 114 valence electrons. The number of likely N-dealkylation sites (tertiary alicyclic amines) is 1. The molecule has 1 aliphatic rings. The van der Waals surface area contributed by atoms with Crippen molar-refractivity contribution in [1.82, 2.24) is 10.2 Å². The van der Waals surface area contributed by atoms with Gasteiger partial charge in [0.15, 0.2) is 5.75 Å². The number of anilines is 1. The van der Waals surface area contributed by atoms with Crippen LogP contribution in [0.1, 0.15) is 36.0 Å². The average molecular weight is 291 g/mol. The number of nitrogen functional groups attached to an aromatic ring is 1. The number of nitrogens with two attached hydrogens (primary N) is 1. The standard InChI is InChI=1S/C15H21N3O3/c16-12-6-4-5-11(14(12)20)15(21)17-8-7-13(19)18-9-2-1-3-10-18/h4-6,20H,1-3,7-10,16H2,(H,17,21). The maximum atomic E-state index is 11.9. The summed E-state index contributed by atoms with van der Waals surface area (Å²) in [4.78, 5) is 25.7. The molecule has 0 radical (unpaired) electrons. The number of benzene rings is 1. The van der Waals surface area contributed by atoms with Gasteiger partial charge >= 0.3 is 0 Å². The van der Waals surface area contributed by atoms with Crippen LogP contribution in [0, 0.1) is 0 Å². The lowest BCUT2D eigenvalue weighted by atomic mass is 10.1. The number of nitrogens with zero attached hydrogens (tertiary/aromatic N) is 1. The van der Waals surface area contributed by atoms with E-state index in [0.717, 1.165) is 25.9 Å². The lowest BCUT2D eigenvalue weighted by Crippen LogP contribution is -2.37.